The first-order valence-corrected chi connectivity index (χ1v) is 5.47. The van der Waals surface area contributed by atoms with E-state index in [1.807, 2.05) is 6.07 Å². The highest BCUT2D eigenvalue weighted by atomic mass is 32.2. The van der Waals surface area contributed by atoms with Crippen LogP contribution >= 0.6 is 0 Å². The van der Waals surface area contributed by atoms with E-state index in [9.17, 15) is 4.21 Å². The largest absolute Gasteiger partial charge is 0.258 e. The SMILES string of the molecule is N#CCS(=O)C1CCCCC1. The summed E-state index contributed by atoms with van der Waals surface area (Å²) in [6.45, 7) is 0. The molecule has 0 amide bonds. The van der Waals surface area contributed by atoms with E-state index in [1.165, 1.54) is 19.3 Å². The van der Waals surface area contributed by atoms with E-state index in [0.717, 1.165) is 12.8 Å². The quantitative estimate of drug-likeness (QED) is 0.633. The van der Waals surface area contributed by atoms with Gasteiger partial charge in [0.05, 0.1) is 6.07 Å². The maximum atomic E-state index is 11.3. The second-order valence-electron chi connectivity index (χ2n) is 2.94. The van der Waals surface area contributed by atoms with Crippen molar-refractivity contribution in [3.63, 3.8) is 0 Å². The molecule has 1 fully saturated rings. The lowest BCUT2D eigenvalue weighted by Crippen LogP contribution is -2.20. The molecule has 0 aromatic rings. The highest BCUT2D eigenvalue weighted by Gasteiger charge is 2.18. The lowest BCUT2D eigenvalue weighted by Gasteiger charge is -2.19. The Hall–Kier alpha value is -0.360. The van der Waals surface area contributed by atoms with Crippen molar-refractivity contribution in [3.05, 3.63) is 0 Å². The average molecular weight is 171 g/mol. The van der Waals surface area contributed by atoms with Crippen LogP contribution in [-0.2, 0) is 10.8 Å². The van der Waals surface area contributed by atoms with Gasteiger partial charge in [-0.15, -0.1) is 0 Å². The van der Waals surface area contributed by atoms with Crippen molar-refractivity contribution in [1.82, 2.24) is 0 Å². The molecule has 62 valence electrons. The van der Waals surface area contributed by atoms with Gasteiger partial charge in [-0.25, -0.2) is 0 Å². The van der Waals surface area contributed by atoms with Crippen molar-refractivity contribution in [3.8, 4) is 6.07 Å². The first kappa shape index (κ1) is 8.73. The van der Waals surface area contributed by atoms with Gasteiger partial charge in [0.15, 0.2) is 0 Å². The molecule has 1 atom stereocenters. The van der Waals surface area contributed by atoms with Crippen LogP contribution < -0.4 is 0 Å². The molecule has 0 aromatic carbocycles. The molecular formula is C8H13NOS. The van der Waals surface area contributed by atoms with E-state index in [2.05, 4.69) is 0 Å². The van der Waals surface area contributed by atoms with E-state index in [-0.39, 0.29) is 5.75 Å². The zero-order valence-corrected chi connectivity index (χ0v) is 7.40. The molecule has 0 aromatic heterocycles. The summed E-state index contributed by atoms with van der Waals surface area (Å²) in [6, 6.07) is 1.96. The fraction of sp³-hybridized carbons (Fsp3) is 0.875. The molecule has 0 bridgehead atoms. The Kier molecular flexibility index (Phi) is 3.58. The van der Waals surface area contributed by atoms with E-state index in [1.54, 1.807) is 0 Å². The van der Waals surface area contributed by atoms with Crippen LogP contribution in [0.3, 0.4) is 0 Å². The fourth-order valence-electron chi connectivity index (χ4n) is 1.51. The van der Waals surface area contributed by atoms with Crippen LogP contribution in [0.2, 0.25) is 0 Å². The number of nitrogens with zero attached hydrogens (tertiary/aromatic N) is 1. The van der Waals surface area contributed by atoms with Crippen LogP contribution in [0.25, 0.3) is 0 Å². The molecule has 1 rings (SSSR count). The second-order valence-corrected chi connectivity index (χ2v) is 4.66. The highest BCUT2D eigenvalue weighted by Crippen LogP contribution is 2.21. The summed E-state index contributed by atoms with van der Waals surface area (Å²) in [5, 5.41) is 8.65. The zero-order valence-electron chi connectivity index (χ0n) is 6.58. The van der Waals surface area contributed by atoms with Gasteiger partial charge in [0.25, 0.3) is 0 Å². The Balaban J connectivity index is 2.34. The maximum Gasteiger partial charge on any atom is 0.111 e. The Morgan fingerprint density at radius 3 is 2.55 bits per heavy atom. The molecule has 0 N–H and O–H groups in total. The summed E-state index contributed by atoms with van der Waals surface area (Å²) in [5.41, 5.74) is 0. The number of hydrogen-bond acceptors (Lipinski definition) is 2. The highest BCUT2D eigenvalue weighted by molar-refractivity contribution is 7.85. The van der Waals surface area contributed by atoms with E-state index >= 15 is 0 Å². The van der Waals surface area contributed by atoms with Crippen LogP contribution in [0.5, 0.6) is 0 Å². The standard InChI is InChI=1S/C8H13NOS/c9-6-7-11(10)8-4-2-1-3-5-8/h8H,1-5,7H2. The molecule has 0 aliphatic heterocycles. The van der Waals surface area contributed by atoms with Crippen molar-refractivity contribution in [2.45, 2.75) is 37.4 Å². The van der Waals surface area contributed by atoms with Gasteiger partial charge < -0.3 is 0 Å². The van der Waals surface area contributed by atoms with E-state index < -0.39 is 10.8 Å². The van der Waals surface area contributed by atoms with Crippen molar-refractivity contribution in [2.24, 2.45) is 0 Å². The Bertz CT molecular complexity index is 179. The first-order valence-electron chi connectivity index (χ1n) is 4.08. The molecular weight excluding hydrogens is 158 g/mol. The molecule has 1 unspecified atom stereocenters. The van der Waals surface area contributed by atoms with Crippen molar-refractivity contribution in [2.75, 3.05) is 5.75 Å². The number of nitriles is 1. The van der Waals surface area contributed by atoms with Crippen molar-refractivity contribution >= 4 is 10.8 Å². The first-order chi connectivity index (χ1) is 5.34. The van der Waals surface area contributed by atoms with Crippen LogP contribution in [0.1, 0.15) is 32.1 Å². The topological polar surface area (TPSA) is 40.9 Å². The summed E-state index contributed by atoms with van der Waals surface area (Å²) >= 11 is 0. The summed E-state index contributed by atoms with van der Waals surface area (Å²) < 4.78 is 11.3. The van der Waals surface area contributed by atoms with Crippen LogP contribution in [0, 0.1) is 11.3 Å². The van der Waals surface area contributed by atoms with Gasteiger partial charge in [0.2, 0.25) is 0 Å². The monoisotopic (exact) mass is 171 g/mol. The van der Waals surface area contributed by atoms with E-state index in [0.29, 0.717) is 5.25 Å². The van der Waals surface area contributed by atoms with Gasteiger partial charge in [-0.3, -0.25) is 4.21 Å². The summed E-state index contributed by atoms with van der Waals surface area (Å²) in [4.78, 5) is 0. The minimum absolute atomic E-state index is 0.227. The predicted molar refractivity (Wildman–Crippen MR) is 45.5 cm³/mol. The molecule has 1 aliphatic carbocycles. The molecule has 3 heteroatoms. The maximum absolute atomic E-state index is 11.3. The molecule has 0 heterocycles. The van der Waals surface area contributed by atoms with Gasteiger partial charge in [0.1, 0.15) is 5.75 Å². The lowest BCUT2D eigenvalue weighted by atomic mass is 10.0. The minimum atomic E-state index is -0.868. The average Bonchev–Trinajstić information content (AvgIpc) is 2.07. The van der Waals surface area contributed by atoms with Crippen molar-refractivity contribution < 1.29 is 4.21 Å². The summed E-state index contributed by atoms with van der Waals surface area (Å²) in [7, 11) is -0.868. The number of hydrogen-bond donors (Lipinski definition) is 0. The van der Waals surface area contributed by atoms with Crippen LogP contribution in [-0.4, -0.2) is 15.2 Å². The number of rotatable bonds is 2. The zero-order chi connectivity index (χ0) is 8.10. The van der Waals surface area contributed by atoms with Gasteiger partial charge in [0, 0.05) is 16.0 Å². The molecule has 0 radical (unpaired) electrons. The third kappa shape index (κ3) is 2.63. The Labute approximate surface area is 70.1 Å². The minimum Gasteiger partial charge on any atom is -0.258 e. The second kappa shape index (κ2) is 4.50. The van der Waals surface area contributed by atoms with Gasteiger partial charge in [-0.2, -0.15) is 5.26 Å². The Morgan fingerprint density at radius 1 is 1.36 bits per heavy atom. The van der Waals surface area contributed by atoms with Gasteiger partial charge >= 0.3 is 0 Å². The normalized spacial score (nSPS) is 22.5. The smallest absolute Gasteiger partial charge is 0.111 e. The molecule has 1 saturated carbocycles. The summed E-state index contributed by atoms with van der Waals surface area (Å²) in [6.07, 6.45) is 5.80. The third-order valence-corrected chi connectivity index (χ3v) is 3.76. The fourth-order valence-corrected chi connectivity index (χ4v) is 2.73. The predicted octanol–water partition coefficient (Wildman–Crippen LogP) is 1.59. The third-order valence-electron chi connectivity index (χ3n) is 2.13. The molecule has 0 spiro atoms. The molecule has 1 aliphatic rings. The van der Waals surface area contributed by atoms with E-state index in [4.69, 9.17) is 5.26 Å². The van der Waals surface area contributed by atoms with Crippen LogP contribution in [0.15, 0.2) is 0 Å². The molecule has 2 nitrogen and oxygen atoms in total. The van der Waals surface area contributed by atoms with Crippen molar-refractivity contribution in [1.29, 1.82) is 5.26 Å². The van der Waals surface area contributed by atoms with Crippen LogP contribution in [0.4, 0.5) is 0 Å². The molecule has 0 saturated heterocycles. The van der Waals surface area contributed by atoms with Gasteiger partial charge in [-0.05, 0) is 12.8 Å². The summed E-state index contributed by atoms with van der Waals surface area (Å²) in [5.74, 6) is 0.227. The lowest BCUT2D eigenvalue weighted by molar-refractivity contribution is 0.505. The van der Waals surface area contributed by atoms with Gasteiger partial charge in [-0.1, -0.05) is 19.3 Å². The molecule has 11 heavy (non-hydrogen) atoms. The Morgan fingerprint density at radius 2 is 2.00 bits per heavy atom.